The lowest BCUT2D eigenvalue weighted by atomic mass is 9.89. The number of esters is 2. The molecule has 0 spiro atoms. The molecule has 3 unspecified atom stereocenters. The van der Waals surface area contributed by atoms with Crippen LogP contribution in [0.2, 0.25) is 0 Å². The molecule has 1 N–H and O–H groups in total. The fourth-order valence-corrected chi connectivity index (χ4v) is 8.35. The number of nitrogens with zero attached hydrogens (tertiary/aromatic N) is 1. The molecule has 0 aromatic heterocycles. The van der Waals surface area contributed by atoms with E-state index in [1.165, 1.54) is 0 Å². The van der Waals surface area contributed by atoms with E-state index in [2.05, 4.69) is 18.0 Å². The first-order valence-electron chi connectivity index (χ1n) is 20.8. The molecule has 2 fully saturated rings. The summed E-state index contributed by atoms with van der Waals surface area (Å²) in [6.45, 7) is -0.756. The van der Waals surface area contributed by atoms with Crippen molar-refractivity contribution in [1.29, 1.82) is 0 Å². The smallest absolute Gasteiger partial charge is 0.468 e. The molecule has 414 valence electrons. The molecule has 2 saturated carbocycles. The average Bonchev–Trinajstić information content (AvgIpc) is 3.28. The van der Waals surface area contributed by atoms with E-state index in [9.17, 15) is 96.7 Å². The molecular formula is C39H38F18N2O12S2. The number of benzene rings is 2. The van der Waals surface area contributed by atoms with Gasteiger partial charge in [0, 0.05) is 12.0 Å². The van der Waals surface area contributed by atoms with Crippen LogP contribution in [0.3, 0.4) is 0 Å². The van der Waals surface area contributed by atoms with Crippen LogP contribution in [0.5, 0.6) is 11.5 Å². The molecule has 14 nitrogen and oxygen atoms in total. The zero-order valence-corrected chi connectivity index (χ0v) is 38.1. The highest BCUT2D eigenvalue weighted by molar-refractivity contribution is 7.88. The summed E-state index contributed by atoms with van der Waals surface area (Å²) in [5.74, 6) is -21.3. The van der Waals surface area contributed by atoms with Gasteiger partial charge in [-0.25, -0.2) is 0 Å². The van der Waals surface area contributed by atoms with Crippen LogP contribution in [0.15, 0.2) is 53.7 Å². The molecule has 73 heavy (non-hydrogen) atoms. The number of halogens is 18. The van der Waals surface area contributed by atoms with Gasteiger partial charge < -0.3 is 18.9 Å². The van der Waals surface area contributed by atoms with E-state index < -0.39 is 114 Å². The molecule has 0 amide bonds. The molecule has 3 atom stereocenters. The number of rotatable bonds is 21. The first kappa shape index (κ1) is 60.6. The van der Waals surface area contributed by atoms with E-state index in [0.717, 1.165) is 24.3 Å². The monoisotopic (exact) mass is 1130 g/mol. The SMILES string of the molecule is O=C(OC(F)(C(F)(F)F)C(F)(F)S(=O)(=O)ON=C(c1ccc(OCCCOc2ccc(C(NOS(=O)(=O)C(F)(F)C(F)(OC(=O)C3CCCCC3)C(F)(F)F)C(F)(F)F)cc2)cc1)C(F)(F)F)C1CCCCC1. The molecule has 2 aromatic rings. The molecule has 0 saturated heterocycles. The zero-order chi connectivity index (χ0) is 55.3. The van der Waals surface area contributed by atoms with Gasteiger partial charge in [0.05, 0.1) is 25.0 Å². The fraction of sp³-hybridized carbons (Fsp3) is 0.615. The van der Waals surface area contributed by atoms with Crippen LogP contribution >= 0.6 is 0 Å². The lowest BCUT2D eigenvalue weighted by Crippen LogP contribution is -2.62. The molecule has 4 rings (SSSR count). The molecule has 2 aliphatic carbocycles. The summed E-state index contributed by atoms with van der Waals surface area (Å²) in [5, 5.41) is -11.8. The van der Waals surface area contributed by atoms with Gasteiger partial charge >= 0.3 is 79.1 Å². The van der Waals surface area contributed by atoms with Crippen LogP contribution in [0.1, 0.15) is 87.8 Å². The third-order valence-electron chi connectivity index (χ3n) is 10.7. The van der Waals surface area contributed by atoms with Crippen molar-refractivity contribution in [3.63, 3.8) is 0 Å². The van der Waals surface area contributed by atoms with Gasteiger partial charge in [0.25, 0.3) is 0 Å². The second-order valence-electron chi connectivity index (χ2n) is 16.0. The Bertz CT molecular complexity index is 2460. The average molecular weight is 1130 g/mol. The summed E-state index contributed by atoms with van der Waals surface area (Å²) in [6, 6.07) is 1.58. The third-order valence-corrected chi connectivity index (χ3v) is 13.1. The number of carbonyl (C=O) groups is 2. The third kappa shape index (κ3) is 13.8. The zero-order valence-electron chi connectivity index (χ0n) is 36.5. The highest BCUT2D eigenvalue weighted by Crippen LogP contribution is 2.52. The Balaban J connectivity index is 1.36. The summed E-state index contributed by atoms with van der Waals surface area (Å²) < 4.78 is 327. The van der Waals surface area contributed by atoms with Crippen LogP contribution in [0.25, 0.3) is 0 Å². The number of oxime groups is 1. The second-order valence-corrected chi connectivity index (χ2v) is 19.1. The first-order chi connectivity index (χ1) is 33.3. The van der Waals surface area contributed by atoms with Gasteiger partial charge in [-0.15, -0.1) is 0 Å². The molecule has 0 heterocycles. The number of ether oxygens (including phenoxy) is 4. The highest BCUT2D eigenvalue weighted by atomic mass is 32.2. The van der Waals surface area contributed by atoms with Gasteiger partial charge in [-0.2, -0.15) is 106 Å². The van der Waals surface area contributed by atoms with Crippen molar-refractivity contribution < 1.29 is 133 Å². The standard InChI is InChI=1S/C39H38F18N2O12S2/c40-32(41,42)28(58-70-72(62,63)38(54,55)34(46,36(48,49)50)68-30(60)24-8-3-1-4-9-24)22-12-16-26(17-13-22)66-20-7-21-67-27-18-14-23(15-19-27)29(33(43,44)45)59-71-73(64,65)39(56,57)35(47,37(51,52)53)69-31(61)25-10-5-2-6-11-25/h12-19,24-25,28,58H,1-11,20-21H2. The first-order valence-corrected chi connectivity index (χ1v) is 23.7. The van der Waals surface area contributed by atoms with Gasteiger partial charge in [0.15, 0.2) is 11.8 Å². The van der Waals surface area contributed by atoms with E-state index in [0.29, 0.717) is 42.6 Å². The van der Waals surface area contributed by atoms with Crippen LogP contribution in [0, 0.1) is 11.8 Å². The van der Waals surface area contributed by atoms with Crippen molar-refractivity contribution in [2.45, 2.75) is 124 Å². The van der Waals surface area contributed by atoms with Crippen molar-refractivity contribution in [2.24, 2.45) is 17.0 Å². The molecule has 0 bridgehead atoms. The summed E-state index contributed by atoms with van der Waals surface area (Å²) in [6.07, 6.45) is -24.9. The van der Waals surface area contributed by atoms with Crippen LogP contribution < -0.4 is 15.0 Å². The lowest BCUT2D eigenvalue weighted by molar-refractivity contribution is -0.368. The number of hydroxylamine groups is 1. The highest BCUT2D eigenvalue weighted by Gasteiger charge is 2.83. The number of carbonyl (C=O) groups excluding carboxylic acids is 2. The van der Waals surface area contributed by atoms with Crippen molar-refractivity contribution >= 4 is 37.9 Å². The van der Waals surface area contributed by atoms with Gasteiger partial charge in [-0.1, -0.05) is 55.8 Å². The maximum absolute atomic E-state index is 15.0. The molecule has 2 aromatic carbocycles. The molecule has 0 radical (unpaired) electrons. The number of alkyl halides is 18. The Hall–Kier alpha value is -4.99. The van der Waals surface area contributed by atoms with E-state index in [-0.39, 0.29) is 82.5 Å². The van der Waals surface area contributed by atoms with Gasteiger partial charge in [0.1, 0.15) is 11.5 Å². The minimum Gasteiger partial charge on any atom is -0.493 e. The fourth-order valence-electron chi connectivity index (χ4n) is 6.80. The minimum atomic E-state index is -7.50. The molecule has 0 aliphatic heterocycles. The summed E-state index contributed by atoms with van der Waals surface area (Å²) in [7, 11) is -14.9. The maximum Gasteiger partial charge on any atom is 0.468 e. The maximum atomic E-state index is 15.0. The van der Waals surface area contributed by atoms with Crippen LogP contribution in [0.4, 0.5) is 79.0 Å². The Morgan fingerprint density at radius 1 is 0.562 bits per heavy atom. The Kier molecular flexibility index (Phi) is 18.6. The predicted octanol–water partition coefficient (Wildman–Crippen LogP) is 10.5. The van der Waals surface area contributed by atoms with E-state index >= 15 is 8.78 Å². The van der Waals surface area contributed by atoms with Crippen molar-refractivity contribution in [1.82, 2.24) is 5.48 Å². The van der Waals surface area contributed by atoms with Gasteiger partial charge in [-0.3, -0.25) is 13.9 Å². The summed E-state index contributed by atoms with van der Waals surface area (Å²) in [5.41, 5.74) is -4.11. The largest absolute Gasteiger partial charge is 0.493 e. The van der Waals surface area contributed by atoms with Crippen molar-refractivity contribution in [2.75, 3.05) is 13.2 Å². The van der Waals surface area contributed by atoms with Crippen LogP contribution in [-0.2, 0) is 47.9 Å². The van der Waals surface area contributed by atoms with Crippen molar-refractivity contribution in [3.8, 4) is 11.5 Å². The van der Waals surface area contributed by atoms with E-state index in [1.807, 2.05) is 5.16 Å². The second kappa shape index (κ2) is 22.5. The minimum absolute atomic E-state index is 0.154. The van der Waals surface area contributed by atoms with Gasteiger partial charge in [-0.05, 0) is 67.6 Å². The Morgan fingerprint density at radius 2 is 0.945 bits per heavy atom. The van der Waals surface area contributed by atoms with Gasteiger partial charge in [0.2, 0.25) is 0 Å². The number of hydrogen-bond acceptors (Lipinski definition) is 14. The lowest BCUT2D eigenvalue weighted by Gasteiger charge is -2.34. The van der Waals surface area contributed by atoms with Crippen molar-refractivity contribution in [3.05, 3.63) is 59.7 Å². The normalized spacial score (nSPS) is 18.7. The van der Waals surface area contributed by atoms with Crippen LogP contribution in [-0.4, -0.2) is 94.6 Å². The van der Waals surface area contributed by atoms with E-state index in [1.54, 1.807) is 0 Å². The van der Waals surface area contributed by atoms with E-state index in [4.69, 9.17) is 9.47 Å². The number of nitrogens with one attached hydrogen (secondary N) is 1. The number of hydrogen-bond donors (Lipinski definition) is 1. The Labute approximate surface area is 400 Å². The quantitative estimate of drug-likeness (QED) is 0.0410. The molecular weight excluding hydrogens is 1090 g/mol. The Morgan fingerprint density at radius 3 is 1.32 bits per heavy atom. The summed E-state index contributed by atoms with van der Waals surface area (Å²) in [4.78, 5) is 24.4. The molecule has 34 heteroatoms. The summed E-state index contributed by atoms with van der Waals surface area (Å²) >= 11 is 0. The molecule has 2 aliphatic rings. The predicted molar refractivity (Wildman–Crippen MR) is 208 cm³/mol. The topological polar surface area (TPSA) is 182 Å².